The molecule has 0 spiro atoms. The second-order valence-electron chi connectivity index (χ2n) is 5.30. The van der Waals surface area contributed by atoms with Crippen molar-refractivity contribution in [1.82, 2.24) is 15.1 Å². The van der Waals surface area contributed by atoms with Crippen molar-refractivity contribution < 1.29 is 0 Å². The Balaban J connectivity index is 2.08. The van der Waals surface area contributed by atoms with Gasteiger partial charge in [-0.15, -0.1) is 0 Å². The summed E-state index contributed by atoms with van der Waals surface area (Å²) in [6.45, 7) is 9.26. The van der Waals surface area contributed by atoms with Gasteiger partial charge < -0.3 is 15.1 Å². The van der Waals surface area contributed by atoms with E-state index in [4.69, 9.17) is 0 Å². The molecule has 0 bridgehead atoms. The van der Waals surface area contributed by atoms with Crippen LogP contribution >= 0.6 is 0 Å². The second-order valence-corrected chi connectivity index (χ2v) is 5.30. The Hall–Kier alpha value is -0.120. The Morgan fingerprint density at radius 1 is 1.50 bits per heavy atom. The normalized spacial score (nSPS) is 24.2. The first-order valence-corrected chi connectivity index (χ1v) is 6.75. The van der Waals surface area contributed by atoms with E-state index in [0.717, 1.165) is 19.1 Å². The molecule has 0 saturated carbocycles. The molecule has 16 heavy (non-hydrogen) atoms. The van der Waals surface area contributed by atoms with Crippen LogP contribution in [0.2, 0.25) is 0 Å². The fourth-order valence-electron chi connectivity index (χ4n) is 2.31. The molecule has 2 atom stereocenters. The van der Waals surface area contributed by atoms with E-state index in [1.54, 1.807) is 0 Å². The van der Waals surface area contributed by atoms with Gasteiger partial charge in [-0.3, -0.25) is 0 Å². The SMILES string of the molecule is CCC(C)NCCN(C)CC1CCCN1C. The van der Waals surface area contributed by atoms with Crippen LogP contribution < -0.4 is 5.32 Å². The monoisotopic (exact) mass is 227 g/mol. The molecule has 2 unspecified atom stereocenters. The van der Waals surface area contributed by atoms with E-state index in [-0.39, 0.29) is 0 Å². The molecule has 1 rings (SSSR count). The van der Waals surface area contributed by atoms with E-state index < -0.39 is 0 Å². The van der Waals surface area contributed by atoms with Crippen molar-refractivity contribution in [1.29, 1.82) is 0 Å². The van der Waals surface area contributed by atoms with Gasteiger partial charge in [0.25, 0.3) is 0 Å². The Morgan fingerprint density at radius 2 is 2.25 bits per heavy atom. The van der Waals surface area contributed by atoms with Gasteiger partial charge in [0.2, 0.25) is 0 Å². The summed E-state index contributed by atoms with van der Waals surface area (Å²) in [6.07, 6.45) is 3.97. The van der Waals surface area contributed by atoms with Gasteiger partial charge in [0.05, 0.1) is 0 Å². The Morgan fingerprint density at radius 3 is 2.81 bits per heavy atom. The minimum atomic E-state index is 0.655. The highest BCUT2D eigenvalue weighted by atomic mass is 15.2. The van der Waals surface area contributed by atoms with Crippen LogP contribution in [0.4, 0.5) is 0 Å². The molecule has 96 valence electrons. The maximum Gasteiger partial charge on any atom is 0.0220 e. The summed E-state index contributed by atoms with van der Waals surface area (Å²) in [6, 6.07) is 1.44. The highest BCUT2D eigenvalue weighted by Crippen LogP contribution is 2.14. The van der Waals surface area contributed by atoms with Crippen molar-refractivity contribution >= 4 is 0 Å². The Bertz CT molecular complexity index is 184. The standard InChI is InChI=1S/C13H29N3/c1-5-12(2)14-8-10-15(3)11-13-7-6-9-16(13)4/h12-14H,5-11H2,1-4H3. The summed E-state index contributed by atoms with van der Waals surface area (Å²) < 4.78 is 0. The van der Waals surface area contributed by atoms with Crippen LogP contribution in [0, 0.1) is 0 Å². The summed E-state index contributed by atoms with van der Waals surface area (Å²) in [5.74, 6) is 0. The van der Waals surface area contributed by atoms with Crippen molar-refractivity contribution in [3.05, 3.63) is 0 Å². The molecule has 1 aliphatic heterocycles. The third-order valence-electron chi connectivity index (χ3n) is 3.79. The third kappa shape index (κ3) is 4.81. The summed E-state index contributed by atoms with van der Waals surface area (Å²) in [5, 5.41) is 3.54. The maximum atomic E-state index is 3.54. The predicted molar refractivity (Wildman–Crippen MR) is 70.9 cm³/mol. The summed E-state index contributed by atoms with van der Waals surface area (Å²) >= 11 is 0. The van der Waals surface area contributed by atoms with Crippen molar-refractivity contribution in [2.45, 2.75) is 45.2 Å². The molecular weight excluding hydrogens is 198 g/mol. The van der Waals surface area contributed by atoms with Crippen LogP contribution in [-0.4, -0.2) is 62.2 Å². The van der Waals surface area contributed by atoms with Crippen LogP contribution in [0.5, 0.6) is 0 Å². The third-order valence-corrected chi connectivity index (χ3v) is 3.79. The first kappa shape index (κ1) is 13.9. The predicted octanol–water partition coefficient (Wildman–Crippen LogP) is 1.40. The number of nitrogens with one attached hydrogen (secondary N) is 1. The zero-order valence-electron chi connectivity index (χ0n) is 11.5. The molecule has 3 heteroatoms. The fraction of sp³-hybridized carbons (Fsp3) is 1.00. The number of likely N-dealkylation sites (tertiary alicyclic amines) is 1. The van der Waals surface area contributed by atoms with E-state index in [0.29, 0.717) is 6.04 Å². The minimum Gasteiger partial charge on any atom is -0.313 e. The molecule has 0 aromatic heterocycles. The van der Waals surface area contributed by atoms with Crippen LogP contribution in [0.25, 0.3) is 0 Å². The average molecular weight is 227 g/mol. The van der Waals surface area contributed by atoms with Crippen LogP contribution in [0.15, 0.2) is 0 Å². The molecule has 1 heterocycles. The molecule has 1 N–H and O–H groups in total. The molecule has 1 saturated heterocycles. The fourth-order valence-corrected chi connectivity index (χ4v) is 2.31. The molecule has 0 aromatic rings. The lowest BCUT2D eigenvalue weighted by atomic mass is 10.2. The quantitative estimate of drug-likeness (QED) is 0.709. The zero-order valence-corrected chi connectivity index (χ0v) is 11.5. The van der Waals surface area contributed by atoms with E-state index in [2.05, 4.69) is 43.1 Å². The average Bonchev–Trinajstić information content (AvgIpc) is 2.64. The molecular formula is C13H29N3. The van der Waals surface area contributed by atoms with Crippen molar-refractivity contribution in [2.75, 3.05) is 40.3 Å². The number of hydrogen-bond acceptors (Lipinski definition) is 3. The van der Waals surface area contributed by atoms with E-state index in [1.165, 1.54) is 32.4 Å². The topological polar surface area (TPSA) is 18.5 Å². The lowest BCUT2D eigenvalue weighted by Gasteiger charge is -2.26. The van der Waals surface area contributed by atoms with Gasteiger partial charge in [-0.1, -0.05) is 6.92 Å². The number of likely N-dealkylation sites (N-methyl/N-ethyl adjacent to an activating group) is 2. The Labute approximate surface area is 101 Å². The Kier molecular flexibility index (Phi) is 6.32. The lowest BCUT2D eigenvalue weighted by Crippen LogP contribution is -2.40. The van der Waals surface area contributed by atoms with Gasteiger partial charge in [-0.05, 0) is 46.8 Å². The van der Waals surface area contributed by atoms with E-state index in [1.807, 2.05) is 0 Å². The van der Waals surface area contributed by atoms with Gasteiger partial charge in [0.1, 0.15) is 0 Å². The minimum absolute atomic E-state index is 0.655. The second kappa shape index (κ2) is 7.25. The number of rotatable bonds is 7. The highest BCUT2D eigenvalue weighted by Gasteiger charge is 2.21. The smallest absolute Gasteiger partial charge is 0.0220 e. The summed E-state index contributed by atoms with van der Waals surface area (Å²) in [4.78, 5) is 4.96. The molecule has 0 amide bonds. The van der Waals surface area contributed by atoms with Gasteiger partial charge in [-0.25, -0.2) is 0 Å². The largest absolute Gasteiger partial charge is 0.313 e. The molecule has 0 radical (unpaired) electrons. The summed E-state index contributed by atoms with van der Waals surface area (Å²) in [5.41, 5.74) is 0. The van der Waals surface area contributed by atoms with Gasteiger partial charge in [-0.2, -0.15) is 0 Å². The molecule has 1 fully saturated rings. The first-order chi connectivity index (χ1) is 7.63. The zero-order chi connectivity index (χ0) is 12.0. The number of hydrogen-bond donors (Lipinski definition) is 1. The molecule has 0 aliphatic carbocycles. The van der Waals surface area contributed by atoms with Crippen LogP contribution in [0.1, 0.15) is 33.1 Å². The van der Waals surface area contributed by atoms with Crippen LogP contribution in [0.3, 0.4) is 0 Å². The van der Waals surface area contributed by atoms with E-state index in [9.17, 15) is 0 Å². The maximum absolute atomic E-state index is 3.54. The number of nitrogens with zero attached hydrogens (tertiary/aromatic N) is 2. The van der Waals surface area contributed by atoms with Gasteiger partial charge >= 0.3 is 0 Å². The van der Waals surface area contributed by atoms with Gasteiger partial charge in [0.15, 0.2) is 0 Å². The molecule has 1 aliphatic rings. The lowest BCUT2D eigenvalue weighted by molar-refractivity contribution is 0.219. The first-order valence-electron chi connectivity index (χ1n) is 6.75. The summed E-state index contributed by atoms with van der Waals surface area (Å²) in [7, 11) is 4.49. The molecule has 0 aromatic carbocycles. The van der Waals surface area contributed by atoms with Gasteiger partial charge in [0, 0.05) is 31.7 Å². The molecule has 3 nitrogen and oxygen atoms in total. The highest BCUT2D eigenvalue weighted by molar-refractivity contribution is 4.78. The van der Waals surface area contributed by atoms with Crippen LogP contribution in [-0.2, 0) is 0 Å². The van der Waals surface area contributed by atoms with Crippen molar-refractivity contribution in [3.63, 3.8) is 0 Å². The van der Waals surface area contributed by atoms with Crippen molar-refractivity contribution in [3.8, 4) is 0 Å². The van der Waals surface area contributed by atoms with E-state index >= 15 is 0 Å². The van der Waals surface area contributed by atoms with Crippen molar-refractivity contribution in [2.24, 2.45) is 0 Å².